The summed E-state index contributed by atoms with van der Waals surface area (Å²) in [5, 5.41) is 12.9. The molecule has 0 amide bonds. The highest BCUT2D eigenvalue weighted by molar-refractivity contribution is 14.1. The van der Waals surface area contributed by atoms with Crippen LogP contribution in [0.15, 0.2) is 84.9 Å². The fraction of sp³-hybridized carbons (Fsp3) is 0.103. The van der Waals surface area contributed by atoms with Crippen LogP contribution in [0, 0.1) is 3.57 Å². The molecule has 0 unspecified atom stereocenters. The molecule has 0 radical (unpaired) electrons. The Labute approximate surface area is 205 Å². The molecule has 0 N–H and O–H groups in total. The standard InChI is InChI=1S/C29H20IN3/c1-29(2)24-15-17(11-13-20(24)21-14-12-18(30)16-25(21)29)27-31-32-28-23-9-4-3-7-19(23)22-8-5-6-10-26(22)33(27)28/h3-16H,1-2H3. The minimum atomic E-state index is -0.0584. The Morgan fingerprint density at radius 3 is 2.18 bits per heavy atom. The first kappa shape index (κ1) is 19.2. The van der Waals surface area contributed by atoms with Gasteiger partial charge >= 0.3 is 0 Å². The van der Waals surface area contributed by atoms with Crippen molar-refractivity contribution in [3.8, 4) is 22.5 Å². The van der Waals surface area contributed by atoms with Gasteiger partial charge < -0.3 is 0 Å². The first-order valence-corrected chi connectivity index (χ1v) is 12.2. The Bertz CT molecular complexity index is 1760. The fourth-order valence-electron chi connectivity index (χ4n) is 5.53. The lowest BCUT2D eigenvalue weighted by Gasteiger charge is -2.22. The highest BCUT2D eigenvalue weighted by atomic mass is 127. The molecule has 4 heteroatoms. The smallest absolute Gasteiger partial charge is 0.169 e. The van der Waals surface area contributed by atoms with Gasteiger partial charge in [-0.3, -0.25) is 4.40 Å². The van der Waals surface area contributed by atoms with Crippen LogP contribution in [0.1, 0.15) is 25.0 Å². The van der Waals surface area contributed by atoms with E-state index in [1.807, 2.05) is 0 Å². The van der Waals surface area contributed by atoms with E-state index in [1.165, 1.54) is 36.6 Å². The third-order valence-electron chi connectivity index (χ3n) is 7.16. The normalized spacial score (nSPS) is 14.2. The van der Waals surface area contributed by atoms with E-state index >= 15 is 0 Å². The highest BCUT2D eigenvalue weighted by Crippen LogP contribution is 2.50. The molecule has 0 bridgehead atoms. The second-order valence-electron chi connectivity index (χ2n) is 9.32. The summed E-state index contributed by atoms with van der Waals surface area (Å²) in [5.41, 5.74) is 8.46. The van der Waals surface area contributed by atoms with Crippen LogP contribution in [0.4, 0.5) is 0 Å². The van der Waals surface area contributed by atoms with Crippen molar-refractivity contribution < 1.29 is 0 Å². The van der Waals surface area contributed by atoms with Crippen LogP contribution in [0.25, 0.3) is 49.8 Å². The minimum absolute atomic E-state index is 0.0584. The van der Waals surface area contributed by atoms with E-state index in [-0.39, 0.29) is 5.41 Å². The third-order valence-corrected chi connectivity index (χ3v) is 7.83. The Kier molecular flexibility index (Phi) is 3.87. The zero-order valence-electron chi connectivity index (χ0n) is 18.3. The molecule has 2 aromatic heterocycles. The van der Waals surface area contributed by atoms with E-state index in [0.29, 0.717) is 0 Å². The van der Waals surface area contributed by atoms with Gasteiger partial charge in [0, 0.05) is 25.3 Å². The van der Waals surface area contributed by atoms with Crippen LogP contribution < -0.4 is 0 Å². The van der Waals surface area contributed by atoms with Crippen molar-refractivity contribution in [2.45, 2.75) is 19.3 Å². The molecule has 0 saturated heterocycles. The van der Waals surface area contributed by atoms with Gasteiger partial charge in [-0.05, 0) is 74.5 Å². The Morgan fingerprint density at radius 2 is 1.36 bits per heavy atom. The number of aromatic nitrogens is 3. The zero-order valence-corrected chi connectivity index (χ0v) is 20.5. The molecule has 0 aliphatic heterocycles. The van der Waals surface area contributed by atoms with Gasteiger partial charge in [0.2, 0.25) is 0 Å². The van der Waals surface area contributed by atoms with Crippen LogP contribution in [0.5, 0.6) is 0 Å². The maximum Gasteiger partial charge on any atom is 0.169 e. The molecule has 4 aromatic carbocycles. The quantitative estimate of drug-likeness (QED) is 0.160. The Balaban J connectivity index is 1.53. The number of fused-ring (bicyclic) bond motifs is 9. The predicted octanol–water partition coefficient (Wildman–Crippen LogP) is 7.61. The summed E-state index contributed by atoms with van der Waals surface area (Å²) in [7, 11) is 0. The molecule has 1 aliphatic rings. The summed E-state index contributed by atoms with van der Waals surface area (Å²) < 4.78 is 3.49. The Morgan fingerprint density at radius 1 is 0.697 bits per heavy atom. The van der Waals surface area contributed by atoms with Crippen LogP contribution in [-0.2, 0) is 5.41 Å². The minimum Gasteiger partial charge on any atom is -0.274 e. The summed E-state index contributed by atoms with van der Waals surface area (Å²) in [5.74, 6) is 0.885. The second kappa shape index (κ2) is 6.64. The molecule has 6 aromatic rings. The first-order chi connectivity index (χ1) is 16.0. The summed E-state index contributed by atoms with van der Waals surface area (Å²) in [6.45, 7) is 4.64. The monoisotopic (exact) mass is 537 g/mol. The van der Waals surface area contributed by atoms with Crippen LogP contribution in [0.2, 0.25) is 0 Å². The summed E-state index contributed by atoms with van der Waals surface area (Å²) in [6, 6.07) is 30.6. The van der Waals surface area contributed by atoms with Gasteiger partial charge in [0.25, 0.3) is 0 Å². The lowest BCUT2D eigenvalue weighted by Crippen LogP contribution is -2.15. The maximum atomic E-state index is 4.71. The summed E-state index contributed by atoms with van der Waals surface area (Å²) in [6.07, 6.45) is 0. The van der Waals surface area contributed by atoms with E-state index in [4.69, 9.17) is 5.10 Å². The molecule has 1 aliphatic carbocycles. The van der Waals surface area contributed by atoms with Crippen molar-refractivity contribution >= 4 is 49.9 Å². The van der Waals surface area contributed by atoms with Gasteiger partial charge in [-0.15, -0.1) is 10.2 Å². The fourth-order valence-corrected chi connectivity index (χ4v) is 6.02. The highest BCUT2D eigenvalue weighted by Gasteiger charge is 2.36. The second-order valence-corrected chi connectivity index (χ2v) is 10.6. The number of para-hydroxylation sites is 1. The number of benzene rings is 4. The van der Waals surface area contributed by atoms with Gasteiger partial charge in [0.15, 0.2) is 11.5 Å². The average molecular weight is 537 g/mol. The van der Waals surface area contributed by atoms with Gasteiger partial charge in [0.05, 0.1) is 5.52 Å². The van der Waals surface area contributed by atoms with E-state index < -0.39 is 0 Å². The Hall–Kier alpha value is -3.25. The van der Waals surface area contributed by atoms with Crippen molar-refractivity contribution in [2.75, 3.05) is 0 Å². The number of rotatable bonds is 1. The molecule has 2 heterocycles. The van der Waals surface area contributed by atoms with Crippen molar-refractivity contribution in [3.05, 3.63) is 99.6 Å². The lowest BCUT2D eigenvalue weighted by atomic mass is 9.82. The number of hydrogen-bond acceptors (Lipinski definition) is 2. The largest absolute Gasteiger partial charge is 0.274 e. The molecular formula is C29H20IN3. The van der Waals surface area contributed by atoms with Gasteiger partial charge in [-0.1, -0.05) is 74.5 Å². The van der Waals surface area contributed by atoms with Crippen molar-refractivity contribution in [2.24, 2.45) is 0 Å². The van der Waals surface area contributed by atoms with Crippen molar-refractivity contribution in [1.82, 2.24) is 14.6 Å². The molecule has 0 atom stereocenters. The molecule has 158 valence electrons. The van der Waals surface area contributed by atoms with Gasteiger partial charge in [-0.2, -0.15) is 0 Å². The van der Waals surface area contributed by atoms with E-state index in [2.05, 4.69) is 131 Å². The molecular weight excluding hydrogens is 517 g/mol. The third kappa shape index (κ3) is 2.55. The molecule has 0 fully saturated rings. The van der Waals surface area contributed by atoms with E-state index in [1.54, 1.807) is 0 Å². The molecule has 0 saturated carbocycles. The number of hydrogen-bond donors (Lipinski definition) is 0. The molecule has 3 nitrogen and oxygen atoms in total. The lowest BCUT2D eigenvalue weighted by molar-refractivity contribution is 0.660. The zero-order chi connectivity index (χ0) is 22.3. The number of halogens is 1. The predicted molar refractivity (Wildman–Crippen MR) is 144 cm³/mol. The van der Waals surface area contributed by atoms with Crippen LogP contribution in [0.3, 0.4) is 0 Å². The van der Waals surface area contributed by atoms with Gasteiger partial charge in [0.1, 0.15) is 0 Å². The maximum absolute atomic E-state index is 4.71. The van der Waals surface area contributed by atoms with Crippen molar-refractivity contribution in [3.63, 3.8) is 0 Å². The number of nitrogens with zero attached hydrogens (tertiary/aromatic N) is 3. The first-order valence-electron chi connectivity index (χ1n) is 11.1. The van der Waals surface area contributed by atoms with E-state index in [0.717, 1.165) is 27.9 Å². The van der Waals surface area contributed by atoms with E-state index in [9.17, 15) is 0 Å². The molecule has 33 heavy (non-hydrogen) atoms. The SMILES string of the molecule is CC1(C)c2cc(I)ccc2-c2ccc(-c3nnc4c5ccccc5c5ccccc5n34)cc21. The summed E-state index contributed by atoms with van der Waals surface area (Å²) in [4.78, 5) is 0. The molecule has 7 rings (SSSR count). The molecule has 0 spiro atoms. The topological polar surface area (TPSA) is 30.2 Å². The van der Waals surface area contributed by atoms with Crippen LogP contribution >= 0.6 is 22.6 Å². The summed E-state index contributed by atoms with van der Waals surface area (Å²) >= 11 is 2.41. The average Bonchev–Trinajstić information content (AvgIpc) is 3.37. The van der Waals surface area contributed by atoms with Crippen LogP contribution in [-0.4, -0.2) is 14.6 Å². The number of pyridine rings is 1. The van der Waals surface area contributed by atoms with Gasteiger partial charge in [-0.25, -0.2) is 0 Å². The van der Waals surface area contributed by atoms with Crippen molar-refractivity contribution in [1.29, 1.82) is 0 Å².